The fraction of sp³-hybridized carbons (Fsp3) is 0.170. The van der Waals surface area contributed by atoms with Crippen LogP contribution in [0.2, 0.25) is 6.32 Å². The number of alkyl halides is 1. The third-order valence-electron chi connectivity index (χ3n) is 7.21. The summed E-state index contributed by atoms with van der Waals surface area (Å²) in [5.41, 5.74) is 1.77. The Labute approximate surface area is 391 Å². The molecule has 0 bridgehead atoms. The first-order valence-corrected chi connectivity index (χ1v) is 26.9. The lowest BCUT2D eigenvalue weighted by molar-refractivity contribution is -0.109. The minimum atomic E-state index is -0.441. The van der Waals surface area contributed by atoms with E-state index in [-0.39, 0.29) is 31.1 Å². The molecule has 0 saturated carbocycles. The van der Waals surface area contributed by atoms with Gasteiger partial charge in [0.1, 0.15) is 7.57 Å². The summed E-state index contributed by atoms with van der Waals surface area (Å²) >= 11 is 11.7. The van der Waals surface area contributed by atoms with E-state index < -0.39 is 7.92 Å². The van der Waals surface area contributed by atoms with Crippen molar-refractivity contribution in [3.63, 3.8) is 0 Å². The molecule has 0 N–H and O–H groups in total. The first-order chi connectivity index (χ1) is 29.1. The van der Waals surface area contributed by atoms with E-state index >= 15 is 0 Å². The van der Waals surface area contributed by atoms with Gasteiger partial charge in [-0.05, 0) is 74.9 Å². The number of hydrogen-bond acceptors (Lipinski definition) is 7. The molecule has 0 unspecified atom stereocenters. The minimum Gasteiger partial charge on any atom is -0.288 e. The van der Waals surface area contributed by atoms with Crippen LogP contribution in [-0.2, 0) is 14.4 Å². The van der Waals surface area contributed by atoms with E-state index in [1.54, 1.807) is 31.4 Å². The van der Waals surface area contributed by atoms with Gasteiger partial charge in [-0.1, -0.05) is 209 Å². The van der Waals surface area contributed by atoms with Gasteiger partial charge in [-0.2, -0.15) is 18.9 Å². The molecule has 0 spiro atoms. The highest BCUT2D eigenvalue weighted by molar-refractivity contribution is 9.11. The van der Waals surface area contributed by atoms with E-state index in [2.05, 4.69) is 198 Å². The number of halogens is 1. The van der Waals surface area contributed by atoms with Crippen molar-refractivity contribution in [3.8, 4) is 0 Å². The largest absolute Gasteiger partial charge is 0.288 e. The van der Waals surface area contributed by atoms with Crippen molar-refractivity contribution in [2.75, 3.05) is 21.4 Å². The maximum Gasteiger partial charge on any atom is 0.186 e. The Morgan fingerprint density at radius 1 is 0.517 bits per heavy atom. The molecule has 6 aromatic rings. The first-order valence-electron chi connectivity index (χ1n) is 18.2. The smallest absolute Gasteiger partial charge is 0.186 e. The summed E-state index contributed by atoms with van der Waals surface area (Å²) in [6, 6.07) is 64.1. The standard InChI is InChI=1S/C15H15OPS.C13H13PS.C12H14BP.C4H10BOS.C3H5BrOS/c1-13(16)18-12-17(14-8-4-2-5-9-14)15-10-6-3-7-11-15;15-11-14(12-7-3-1-4-8-12)13-9-5-2-6-10-13;13-14(11-7-3-1-4-8-11)12-9-5-2-6-10-12;1-4(6)7-3-2-5;1-3(5)6-2-4/h2-11H,12H2,1H3;1-10,15H,11H2;1-10,14H,13H3;2-3H2,1,5H3;2H2,1H3/q;;;-1;. The van der Waals surface area contributed by atoms with Gasteiger partial charge in [-0.3, -0.25) is 14.4 Å². The van der Waals surface area contributed by atoms with Gasteiger partial charge in [0.15, 0.2) is 15.3 Å². The third kappa shape index (κ3) is 23.7. The minimum absolute atomic E-state index is 0.159. The van der Waals surface area contributed by atoms with Crippen molar-refractivity contribution in [2.45, 2.75) is 27.1 Å². The third-order valence-corrected chi connectivity index (χ3v) is 17.0. The number of thiol groups is 1. The van der Waals surface area contributed by atoms with Gasteiger partial charge < -0.3 is 0 Å². The number of carbonyl (C=O) groups excluding carboxylic acids is 3. The predicted octanol–water partition coefficient (Wildman–Crippen LogP) is 9.16. The molecule has 60 heavy (non-hydrogen) atoms. The lowest BCUT2D eigenvalue weighted by Crippen LogP contribution is -2.13. The molecule has 0 aromatic heterocycles. The average Bonchev–Trinajstić information content (AvgIpc) is 3.28. The quantitative estimate of drug-likeness (QED) is 0.0572. The van der Waals surface area contributed by atoms with Gasteiger partial charge in [0, 0.05) is 31.8 Å². The molecule has 0 aliphatic rings. The molecule has 6 rings (SSSR count). The Bertz CT molecular complexity index is 1900. The lowest BCUT2D eigenvalue weighted by atomic mass is 10.1. The first kappa shape index (κ1) is 53.8. The lowest BCUT2D eigenvalue weighted by Gasteiger charge is -2.17. The predicted molar refractivity (Wildman–Crippen MR) is 295 cm³/mol. The number of rotatable bonds is 12. The van der Waals surface area contributed by atoms with E-state index in [1.807, 2.05) is 12.1 Å². The zero-order valence-corrected chi connectivity index (χ0v) is 40.7. The number of carbonyl (C=O) groups is 3. The van der Waals surface area contributed by atoms with E-state index in [1.165, 1.54) is 62.8 Å². The normalized spacial score (nSPS) is 10.1. The van der Waals surface area contributed by atoms with E-state index in [0.29, 0.717) is 20.1 Å². The topological polar surface area (TPSA) is 51.2 Å². The van der Waals surface area contributed by atoms with Gasteiger partial charge in [-0.15, -0.1) is 7.80 Å². The van der Waals surface area contributed by atoms with Crippen LogP contribution < -0.4 is 31.8 Å². The van der Waals surface area contributed by atoms with Crippen molar-refractivity contribution in [1.29, 1.82) is 0 Å². The molecule has 0 radical (unpaired) electrons. The van der Waals surface area contributed by atoms with Gasteiger partial charge in [0.25, 0.3) is 0 Å². The van der Waals surface area contributed by atoms with Crippen molar-refractivity contribution >= 4 is 150 Å². The molecule has 0 atom stereocenters. The molecular formula is C47H57B2BrO3P3S4-. The van der Waals surface area contributed by atoms with Crippen LogP contribution in [0.5, 0.6) is 0 Å². The summed E-state index contributed by atoms with van der Waals surface area (Å²) < 4.78 is 0.711. The highest BCUT2D eigenvalue weighted by Crippen LogP contribution is 2.37. The van der Waals surface area contributed by atoms with E-state index in [4.69, 9.17) is 0 Å². The van der Waals surface area contributed by atoms with Crippen molar-refractivity contribution in [1.82, 2.24) is 0 Å². The van der Waals surface area contributed by atoms with Crippen LogP contribution in [0.4, 0.5) is 0 Å². The molecule has 6 aromatic carbocycles. The van der Waals surface area contributed by atoms with Crippen molar-refractivity contribution in [2.24, 2.45) is 0 Å². The zero-order valence-electron chi connectivity index (χ0n) is 33.0. The number of benzene rings is 6. The fourth-order valence-corrected chi connectivity index (χ4v) is 13.6. The molecule has 0 aliphatic heterocycles. The van der Waals surface area contributed by atoms with Crippen molar-refractivity contribution < 1.29 is 14.4 Å². The maximum atomic E-state index is 11.2. The summed E-state index contributed by atoms with van der Waals surface area (Å²) in [5, 5.41) is 9.23. The second kappa shape index (κ2) is 34.2. The SMILES string of the molecule is CC(=O)SCBr.CC(=O)SCP(c1ccccc1)c1ccccc1.SCP(c1ccccc1)c1ccccc1.[BH3-]CCSC(C)=O.[BH3-][PH+](c1ccccc1)c1ccccc1. The van der Waals surface area contributed by atoms with Gasteiger partial charge in [-0.25, -0.2) is 0 Å². The van der Waals surface area contributed by atoms with Crippen LogP contribution in [0.3, 0.4) is 0 Å². The Balaban J connectivity index is 0.000000272. The molecule has 0 amide bonds. The molecule has 0 heterocycles. The van der Waals surface area contributed by atoms with Crippen LogP contribution in [-0.4, -0.2) is 52.2 Å². The average molecular weight is 993 g/mol. The maximum absolute atomic E-state index is 11.2. The number of hydrogen-bond donors (Lipinski definition) is 1. The molecule has 0 saturated heterocycles. The summed E-state index contributed by atoms with van der Waals surface area (Å²) in [6.45, 7) is 4.81. The second-order valence-corrected chi connectivity index (χ2v) is 23.5. The monoisotopic (exact) mass is 991 g/mol. The molecular weight excluding hydrogens is 935 g/mol. The van der Waals surface area contributed by atoms with E-state index in [0.717, 1.165) is 16.7 Å². The second-order valence-electron chi connectivity index (χ2n) is 11.5. The highest BCUT2D eigenvalue weighted by atomic mass is 79.9. The molecule has 0 aliphatic carbocycles. The van der Waals surface area contributed by atoms with Crippen LogP contribution in [0.1, 0.15) is 20.8 Å². The Hall–Kier alpha value is -2.37. The summed E-state index contributed by atoms with van der Waals surface area (Å²) in [4.78, 5) is 31.4. The van der Waals surface area contributed by atoms with Gasteiger partial charge in [0.05, 0.1) is 15.3 Å². The Morgan fingerprint density at radius 2 is 0.817 bits per heavy atom. The van der Waals surface area contributed by atoms with E-state index in [9.17, 15) is 14.4 Å². The van der Waals surface area contributed by atoms with Crippen LogP contribution in [0.15, 0.2) is 182 Å². The molecule has 0 fully saturated rings. The Morgan fingerprint density at radius 3 is 1.05 bits per heavy atom. The number of thioether (sulfide) groups is 3. The zero-order chi connectivity index (χ0) is 43.8. The highest BCUT2D eigenvalue weighted by Gasteiger charge is 2.14. The summed E-state index contributed by atoms with van der Waals surface area (Å²) in [7, 11) is -0.0694. The summed E-state index contributed by atoms with van der Waals surface area (Å²) in [5.74, 6) is 1.08. The molecule has 13 heteroatoms. The fourth-order valence-electron chi connectivity index (χ4n) is 4.63. The molecule has 316 valence electrons. The Kier molecular flexibility index (Phi) is 30.6. The summed E-state index contributed by atoms with van der Waals surface area (Å²) in [6.07, 6.45) is 1.34. The van der Waals surface area contributed by atoms with Gasteiger partial charge in [0.2, 0.25) is 0 Å². The van der Waals surface area contributed by atoms with Gasteiger partial charge >= 0.3 is 0 Å². The molecule has 3 nitrogen and oxygen atoms in total. The van der Waals surface area contributed by atoms with Crippen LogP contribution >= 0.6 is 87.5 Å². The van der Waals surface area contributed by atoms with Crippen LogP contribution in [0.25, 0.3) is 0 Å². The van der Waals surface area contributed by atoms with Crippen molar-refractivity contribution in [3.05, 3.63) is 182 Å². The van der Waals surface area contributed by atoms with Crippen LogP contribution in [0, 0.1) is 0 Å².